The summed E-state index contributed by atoms with van der Waals surface area (Å²) in [5.41, 5.74) is 3.60. The Morgan fingerprint density at radius 1 is 0.875 bits per heavy atom. The topological polar surface area (TPSA) is 53.5 Å². The van der Waals surface area contributed by atoms with Crippen molar-refractivity contribution in [3.63, 3.8) is 0 Å². The van der Waals surface area contributed by atoms with E-state index in [4.69, 9.17) is 0 Å². The number of benzene rings is 1. The average molecular weight is 343 g/mol. The van der Waals surface area contributed by atoms with Crippen LogP contribution in [0.5, 0.6) is 0 Å². The average Bonchev–Trinajstić information content (AvgIpc) is 3.10. The van der Waals surface area contributed by atoms with Crippen molar-refractivity contribution >= 4 is 15.7 Å². The molecule has 0 unspecified atom stereocenters. The van der Waals surface area contributed by atoms with E-state index >= 15 is 0 Å². The standard InChI is InChI=1S/C18H21N3O2S/c22-24(23,18-5-4-15-2-1-3-16(15)14-18)21-12-10-20(11-13-21)17-6-8-19-9-7-17/h4-9,14H,1-3,10-13H2. The summed E-state index contributed by atoms with van der Waals surface area (Å²) < 4.78 is 27.5. The smallest absolute Gasteiger partial charge is 0.243 e. The van der Waals surface area contributed by atoms with Crippen molar-refractivity contribution in [3.8, 4) is 0 Å². The molecule has 2 aromatic rings. The van der Waals surface area contributed by atoms with Gasteiger partial charge in [0, 0.05) is 44.3 Å². The van der Waals surface area contributed by atoms with Crippen molar-refractivity contribution < 1.29 is 8.42 Å². The molecule has 0 amide bonds. The zero-order chi connectivity index (χ0) is 16.6. The SMILES string of the molecule is O=S(=O)(c1ccc2c(c1)CCC2)N1CCN(c2ccncc2)CC1. The lowest BCUT2D eigenvalue weighted by molar-refractivity contribution is 0.385. The molecule has 0 N–H and O–H groups in total. The Bertz CT molecular complexity index is 829. The van der Waals surface area contributed by atoms with E-state index < -0.39 is 10.0 Å². The summed E-state index contributed by atoms with van der Waals surface area (Å²) in [5.74, 6) is 0. The minimum Gasteiger partial charge on any atom is -0.369 e. The Labute approximate surface area is 143 Å². The Kier molecular flexibility index (Phi) is 4.02. The lowest BCUT2D eigenvalue weighted by Crippen LogP contribution is -2.48. The van der Waals surface area contributed by atoms with Crippen molar-refractivity contribution in [3.05, 3.63) is 53.9 Å². The first-order valence-corrected chi connectivity index (χ1v) is 9.85. The first kappa shape index (κ1) is 15.6. The molecule has 24 heavy (non-hydrogen) atoms. The van der Waals surface area contributed by atoms with Gasteiger partial charge in [0.2, 0.25) is 10.0 Å². The van der Waals surface area contributed by atoms with E-state index in [2.05, 4.69) is 9.88 Å². The third-order valence-corrected chi connectivity index (χ3v) is 6.87. The molecule has 2 heterocycles. The fraction of sp³-hybridized carbons (Fsp3) is 0.389. The van der Waals surface area contributed by atoms with Crippen LogP contribution in [-0.4, -0.2) is 43.9 Å². The minimum absolute atomic E-state index is 0.445. The molecule has 4 rings (SSSR count). The fourth-order valence-electron chi connectivity index (χ4n) is 3.60. The maximum Gasteiger partial charge on any atom is 0.243 e. The molecule has 1 aromatic heterocycles. The Morgan fingerprint density at radius 3 is 2.33 bits per heavy atom. The van der Waals surface area contributed by atoms with Crippen LogP contribution >= 0.6 is 0 Å². The number of sulfonamides is 1. The monoisotopic (exact) mass is 343 g/mol. The van der Waals surface area contributed by atoms with E-state index in [1.807, 2.05) is 24.3 Å². The Morgan fingerprint density at radius 2 is 1.58 bits per heavy atom. The van der Waals surface area contributed by atoms with Crippen LogP contribution in [0.3, 0.4) is 0 Å². The highest BCUT2D eigenvalue weighted by Crippen LogP contribution is 2.27. The Hall–Kier alpha value is -1.92. The van der Waals surface area contributed by atoms with E-state index in [0.29, 0.717) is 31.1 Å². The third-order valence-electron chi connectivity index (χ3n) is 4.97. The van der Waals surface area contributed by atoms with Gasteiger partial charge in [-0.25, -0.2) is 8.42 Å². The number of hydrogen-bond acceptors (Lipinski definition) is 4. The van der Waals surface area contributed by atoms with Gasteiger partial charge in [0.15, 0.2) is 0 Å². The van der Waals surface area contributed by atoms with Crippen molar-refractivity contribution in [2.45, 2.75) is 24.2 Å². The van der Waals surface area contributed by atoms with Crippen LogP contribution in [0.25, 0.3) is 0 Å². The molecule has 0 saturated carbocycles. The second kappa shape index (κ2) is 6.18. The summed E-state index contributed by atoms with van der Waals surface area (Å²) in [4.78, 5) is 6.68. The largest absolute Gasteiger partial charge is 0.369 e. The van der Waals surface area contributed by atoms with Crippen molar-refractivity contribution in [2.24, 2.45) is 0 Å². The van der Waals surface area contributed by atoms with Gasteiger partial charge in [0.05, 0.1) is 4.90 Å². The zero-order valence-electron chi connectivity index (χ0n) is 13.6. The number of anilines is 1. The predicted molar refractivity (Wildman–Crippen MR) is 93.7 cm³/mol. The number of rotatable bonds is 3. The number of hydrogen-bond donors (Lipinski definition) is 0. The van der Waals surface area contributed by atoms with E-state index in [9.17, 15) is 8.42 Å². The van der Waals surface area contributed by atoms with Gasteiger partial charge < -0.3 is 4.90 Å². The van der Waals surface area contributed by atoms with Crippen molar-refractivity contribution in [1.29, 1.82) is 0 Å². The highest BCUT2D eigenvalue weighted by Gasteiger charge is 2.29. The molecule has 0 spiro atoms. The summed E-state index contributed by atoms with van der Waals surface area (Å²) in [6, 6.07) is 9.57. The summed E-state index contributed by atoms with van der Waals surface area (Å²) >= 11 is 0. The summed E-state index contributed by atoms with van der Waals surface area (Å²) in [7, 11) is -3.39. The van der Waals surface area contributed by atoms with Crippen molar-refractivity contribution in [1.82, 2.24) is 9.29 Å². The Balaban J connectivity index is 1.50. The van der Waals surface area contributed by atoms with Crippen molar-refractivity contribution in [2.75, 3.05) is 31.1 Å². The molecule has 5 nitrogen and oxygen atoms in total. The van der Waals surface area contributed by atoms with Gasteiger partial charge in [0.1, 0.15) is 0 Å². The van der Waals surface area contributed by atoms with Crippen LogP contribution in [0, 0.1) is 0 Å². The van der Waals surface area contributed by atoms with Gasteiger partial charge in [-0.3, -0.25) is 4.98 Å². The van der Waals surface area contributed by atoms with Gasteiger partial charge in [-0.1, -0.05) is 6.07 Å². The molecule has 1 aliphatic heterocycles. The molecule has 0 atom stereocenters. The highest BCUT2D eigenvalue weighted by atomic mass is 32.2. The predicted octanol–water partition coefficient (Wildman–Crippen LogP) is 2.08. The molecular weight excluding hydrogens is 322 g/mol. The molecule has 6 heteroatoms. The first-order chi connectivity index (χ1) is 11.6. The lowest BCUT2D eigenvalue weighted by atomic mass is 10.1. The normalized spacial score (nSPS) is 18.6. The summed E-state index contributed by atoms with van der Waals surface area (Å²) in [6.45, 7) is 2.44. The van der Waals surface area contributed by atoms with Crippen LogP contribution in [0.2, 0.25) is 0 Å². The molecule has 0 radical (unpaired) electrons. The summed E-state index contributed by atoms with van der Waals surface area (Å²) in [5, 5.41) is 0. The lowest BCUT2D eigenvalue weighted by Gasteiger charge is -2.35. The van der Waals surface area contributed by atoms with Gasteiger partial charge >= 0.3 is 0 Å². The molecule has 1 saturated heterocycles. The molecule has 1 aliphatic carbocycles. The van der Waals surface area contributed by atoms with E-state index in [1.54, 1.807) is 22.8 Å². The van der Waals surface area contributed by atoms with Gasteiger partial charge in [0.25, 0.3) is 0 Å². The van der Waals surface area contributed by atoms with E-state index in [1.165, 1.54) is 11.1 Å². The molecule has 0 bridgehead atoms. The molecule has 2 aliphatic rings. The van der Waals surface area contributed by atoms with Crippen LogP contribution in [0.1, 0.15) is 17.5 Å². The highest BCUT2D eigenvalue weighted by molar-refractivity contribution is 7.89. The maximum absolute atomic E-state index is 12.9. The number of fused-ring (bicyclic) bond motifs is 1. The van der Waals surface area contributed by atoms with Crippen LogP contribution < -0.4 is 4.90 Å². The number of nitrogens with zero attached hydrogens (tertiary/aromatic N) is 3. The number of pyridine rings is 1. The quantitative estimate of drug-likeness (QED) is 0.856. The first-order valence-electron chi connectivity index (χ1n) is 8.41. The van der Waals surface area contributed by atoms with Crippen LogP contribution in [0.4, 0.5) is 5.69 Å². The molecular formula is C18H21N3O2S. The third kappa shape index (κ3) is 2.80. The summed E-state index contributed by atoms with van der Waals surface area (Å²) in [6.07, 6.45) is 6.73. The van der Waals surface area contributed by atoms with Crippen LogP contribution in [0.15, 0.2) is 47.6 Å². The van der Waals surface area contributed by atoms with Crippen LogP contribution in [-0.2, 0) is 22.9 Å². The van der Waals surface area contributed by atoms with E-state index in [0.717, 1.165) is 24.9 Å². The second-order valence-corrected chi connectivity index (χ2v) is 8.32. The minimum atomic E-state index is -3.39. The molecule has 126 valence electrons. The number of piperazine rings is 1. The van der Waals surface area contributed by atoms with E-state index in [-0.39, 0.29) is 0 Å². The number of aryl methyl sites for hydroxylation is 2. The zero-order valence-corrected chi connectivity index (χ0v) is 14.4. The molecule has 1 aromatic carbocycles. The van der Waals surface area contributed by atoms with Gasteiger partial charge in [-0.05, 0) is 54.7 Å². The fourth-order valence-corrected chi connectivity index (χ4v) is 5.07. The van der Waals surface area contributed by atoms with Gasteiger partial charge in [-0.15, -0.1) is 0 Å². The maximum atomic E-state index is 12.9. The molecule has 1 fully saturated rings. The number of aromatic nitrogens is 1. The van der Waals surface area contributed by atoms with Gasteiger partial charge in [-0.2, -0.15) is 4.31 Å². The second-order valence-electron chi connectivity index (χ2n) is 6.38.